The van der Waals surface area contributed by atoms with E-state index >= 15 is 0 Å². The third-order valence-electron chi connectivity index (χ3n) is 2.37. The fourth-order valence-electron chi connectivity index (χ4n) is 1.57. The molecule has 2 N–H and O–H groups in total. The van der Waals surface area contributed by atoms with Gasteiger partial charge in [-0.25, -0.2) is 19.9 Å². The highest BCUT2D eigenvalue weighted by atomic mass is 15.0. The van der Waals surface area contributed by atoms with Crippen molar-refractivity contribution in [2.75, 3.05) is 5.73 Å². The molecule has 0 saturated carbocycles. The monoisotopic (exact) mass is 215 g/mol. The van der Waals surface area contributed by atoms with Crippen LogP contribution in [0.3, 0.4) is 0 Å². The summed E-state index contributed by atoms with van der Waals surface area (Å²) in [5.41, 5.74) is 7.74. The van der Waals surface area contributed by atoms with Crippen LogP contribution in [0, 0.1) is 6.92 Å². The first-order valence-corrected chi connectivity index (χ1v) is 5.12. The Labute approximate surface area is 93.8 Å². The molecule has 0 bridgehead atoms. The van der Waals surface area contributed by atoms with Gasteiger partial charge in [0, 0.05) is 23.7 Å². The van der Waals surface area contributed by atoms with Crippen LogP contribution in [0.25, 0.3) is 11.6 Å². The smallest absolute Gasteiger partial charge is 0.199 e. The Morgan fingerprint density at radius 2 is 1.81 bits per heavy atom. The van der Waals surface area contributed by atoms with Gasteiger partial charge in [0.25, 0.3) is 0 Å². The summed E-state index contributed by atoms with van der Waals surface area (Å²) in [6.07, 6.45) is 4.14. The van der Waals surface area contributed by atoms with Gasteiger partial charge in [0.1, 0.15) is 5.82 Å². The summed E-state index contributed by atoms with van der Waals surface area (Å²) in [5, 5.41) is 0. The molecule has 0 atom stereocenters. The molecule has 82 valence electrons. The Hall–Kier alpha value is -2.04. The Morgan fingerprint density at radius 3 is 2.38 bits per heavy atom. The topological polar surface area (TPSA) is 77.6 Å². The summed E-state index contributed by atoms with van der Waals surface area (Å²) in [4.78, 5) is 16.8. The van der Waals surface area contributed by atoms with Crippen molar-refractivity contribution in [3.8, 4) is 11.6 Å². The molecule has 0 amide bonds. The Bertz CT molecular complexity index is 472. The number of nitrogens with zero attached hydrogens (tertiary/aromatic N) is 4. The van der Waals surface area contributed by atoms with Crippen LogP contribution < -0.4 is 5.73 Å². The third kappa shape index (κ3) is 1.84. The second kappa shape index (κ2) is 4.22. The molecule has 0 aromatic carbocycles. The molecule has 2 heterocycles. The standard InChI is InChI=1S/C11H13N5/c1-3-8-7(2)15-11(16-9(8)12)10-13-5-4-6-14-10/h4-6H,3H2,1-2H3,(H2,12,15,16). The van der Waals surface area contributed by atoms with Gasteiger partial charge in [0.05, 0.1) is 0 Å². The van der Waals surface area contributed by atoms with Crippen LogP contribution in [0.15, 0.2) is 18.5 Å². The van der Waals surface area contributed by atoms with E-state index in [0.717, 1.165) is 17.7 Å². The van der Waals surface area contributed by atoms with E-state index in [2.05, 4.69) is 19.9 Å². The molecular formula is C11H13N5. The van der Waals surface area contributed by atoms with E-state index < -0.39 is 0 Å². The van der Waals surface area contributed by atoms with Gasteiger partial charge >= 0.3 is 0 Å². The minimum Gasteiger partial charge on any atom is -0.383 e. The van der Waals surface area contributed by atoms with Crippen LogP contribution in [0.1, 0.15) is 18.2 Å². The van der Waals surface area contributed by atoms with Gasteiger partial charge in [-0.05, 0) is 19.4 Å². The zero-order valence-corrected chi connectivity index (χ0v) is 9.31. The molecule has 0 aliphatic heterocycles. The molecule has 0 radical (unpaired) electrons. The van der Waals surface area contributed by atoms with Crippen molar-refractivity contribution in [1.82, 2.24) is 19.9 Å². The fraction of sp³-hybridized carbons (Fsp3) is 0.273. The average molecular weight is 215 g/mol. The predicted octanol–water partition coefficient (Wildman–Crippen LogP) is 1.39. The number of nitrogen functional groups attached to an aromatic ring is 1. The second-order valence-corrected chi connectivity index (χ2v) is 3.42. The van der Waals surface area contributed by atoms with Crippen molar-refractivity contribution < 1.29 is 0 Å². The maximum atomic E-state index is 5.86. The molecule has 5 nitrogen and oxygen atoms in total. The number of rotatable bonds is 2. The second-order valence-electron chi connectivity index (χ2n) is 3.42. The van der Waals surface area contributed by atoms with Crippen LogP contribution in [-0.4, -0.2) is 19.9 Å². The van der Waals surface area contributed by atoms with Crippen molar-refractivity contribution in [1.29, 1.82) is 0 Å². The quantitative estimate of drug-likeness (QED) is 0.819. The lowest BCUT2D eigenvalue weighted by molar-refractivity contribution is 0.989. The molecule has 2 aromatic rings. The van der Waals surface area contributed by atoms with Gasteiger partial charge < -0.3 is 5.73 Å². The minimum atomic E-state index is 0.479. The normalized spacial score (nSPS) is 10.4. The lowest BCUT2D eigenvalue weighted by Gasteiger charge is -2.07. The Morgan fingerprint density at radius 1 is 1.12 bits per heavy atom. The van der Waals surface area contributed by atoms with Crippen LogP contribution in [-0.2, 0) is 6.42 Å². The molecule has 2 rings (SSSR count). The summed E-state index contributed by atoms with van der Waals surface area (Å²) < 4.78 is 0. The number of hydrogen-bond acceptors (Lipinski definition) is 5. The van der Waals surface area contributed by atoms with Gasteiger partial charge in [-0.2, -0.15) is 0 Å². The summed E-state index contributed by atoms with van der Waals surface area (Å²) >= 11 is 0. The van der Waals surface area contributed by atoms with Crippen molar-refractivity contribution in [3.63, 3.8) is 0 Å². The molecule has 0 aliphatic rings. The van der Waals surface area contributed by atoms with Crippen LogP contribution >= 0.6 is 0 Å². The highest BCUT2D eigenvalue weighted by Crippen LogP contribution is 2.17. The van der Waals surface area contributed by atoms with E-state index in [-0.39, 0.29) is 0 Å². The zero-order valence-electron chi connectivity index (χ0n) is 9.31. The van der Waals surface area contributed by atoms with Gasteiger partial charge in [-0.15, -0.1) is 0 Å². The largest absolute Gasteiger partial charge is 0.383 e. The maximum absolute atomic E-state index is 5.86. The average Bonchev–Trinajstić information content (AvgIpc) is 2.30. The molecule has 5 heteroatoms. The maximum Gasteiger partial charge on any atom is 0.199 e. The third-order valence-corrected chi connectivity index (χ3v) is 2.37. The molecule has 16 heavy (non-hydrogen) atoms. The summed E-state index contributed by atoms with van der Waals surface area (Å²) in [5.74, 6) is 1.49. The molecule has 0 fully saturated rings. The molecule has 0 saturated heterocycles. The van der Waals surface area contributed by atoms with E-state index in [1.54, 1.807) is 18.5 Å². The molecular weight excluding hydrogens is 202 g/mol. The Balaban J connectivity index is 2.53. The highest BCUT2D eigenvalue weighted by molar-refractivity contribution is 5.51. The van der Waals surface area contributed by atoms with E-state index in [0.29, 0.717) is 17.5 Å². The number of nitrogens with two attached hydrogens (primary N) is 1. The lowest BCUT2D eigenvalue weighted by Crippen LogP contribution is -2.05. The first-order chi connectivity index (χ1) is 7.72. The van der Waals surface area contributed by atoms with E-state index in [4.69, 9.17) is 5.73 Å². The first-order valence-electron chi connectivity index (χ1n) is 5.12. The number of aromatic nitrogens is 4. The van der Waals surface area contributed by atoms with E-state index in [1.165, 1.54) is 0 Å². The van der Waals surface area contributed by atoms with Crippen molar-refractivity contribution in [3.05, 3.63) is 29.7 Å². The SMILES string of the molecule is CCc1c(C)nc(-c2ncccn2)nc1N. The van der Waals surface area contributed by atoms with Gasteiger partial charge in [-0.1, -0.05) is 6.92 Å². The van der Waals surface area contributed by atoms with Gasteiger partial charge in [-0.3, -0.25) is 0 Å². The number of hydrogen-bond donors (Lipinski definition) is 1. The van der Waals surface area contributed by atoms with Gasteiger partial charge in [0.15, 0.2) is 11.6 Å². The first kappa shape index (κ1) is 10.5. The van der Waals surface area contributed by atoms with E-state index in [1.807, 2.05) is 13.8 Å². The van der Waals surface area contributed by atoms with Gasteiger partial charge in [0.2, 0.25) is 0 Å². The van der Waals surface area contributed by atoms with E-state index in [9.17, 15) is 0 Å². The summed E-state index contributed by atoms with van der Waals surface area (Å²) in [6, 6.07) is 1.75. The molecule has 0 spiro atoms. The van der Waals surface area contributed by atoms with Crippen LogP contribution in [0.5, 0.6) is 0 Å². The molecule has 2 aromatic heterocycles. The molecule has 0 unspecified atom stereocenters. The van der Waals surface area contributed by atoms with Crippen molar-refractivity contribution in [2.45, 2.75) is 20.3 Å². The van der Waals surface area contributed by atoms with Crippen molar-refractivity contribution >= 4 is 5.82 Å². The zero-order chi connectivity index (χ0) is 11.5. The lowest BCUT2D eigenvalue weighted by atomic mass is 10.2. The van der Waals surface area contributed by atoms with Crippen molar-refractivity contribution in [2.24, 2.45) is 0 Å². The number of aryl methyl sites for hydroxylation is 1. The summed E-state index contributed by atoms with van der Waals surface area (Å²) in [6.45, 7) is 3.95. The van der Waals surface area contributed by atoms with Crippen LogP contribution in [0.4, 0.5) is 5.82 Å². The number of anilines is 1. The summed E-state index contributed by atoms with van der Waals surface area (Å²) in [7, 11) is 0. The predicted molar refractivity (Wildman–Crippen MR) is 61.6 cm³/mol. The fourth-order valence-corrected chi connectivity index (χ4v) is 1.57. The highest BCUT2D eigenvalue weighted by Gasteiger charge is 2.10. The molecule has 0 aliphatic carbocycles. The van der Waals surface area contributed by atoms with Crippen LogP contribution in [0.2, 0.25) is 0 Å². The minimum absolute atomic E-state index is 0.479. The Kier molecular flexibility index (Phi) is 2.76.